The van der Waals surface area contributed by atoms with Crippen LogP contribution in [0.2, 0.25) is 0 Å². The summed E-state index contributed by atoms with van der Waals surface area (Å²) in [4.78, 5) is 16.4. The van der Waals surface area contributed by atoms with Gasteiger partial charge in [0, 0.05) is 28.5 Å². The number of rotatable bonds is 7. The van der Waals surface area contributed by atoms with Crippen LogP contribution in [0.3, 0.4) is 0 Å². The molecule has 0 saturated heterocycles. The number of anilines is 1. The van der Waals surface area contributed by atoms with Crippen molar-refractivity contribution in [2.45, 2.75) is 11.7 Å². The van der Waals surface area contributed by atoms with Gasteiger partial charge in [-0.2, -0.15) is 0 Å². The van der Waals surface area contributed by atoms with Gasteiger partial charge in [-0.25, -0.2) is 8.78 Å². The van der Waals surface area contributed by atoms with E-state index < -0.39 is 17.5 Å². The van der Waals surface area contributed by atoms with E-state index in [1.54, 1.807) is 36.9 Å². The Balaban J connectivity index is 1.53. The van der Waals surface area contributed by atoms with Crippen LogP contribution in [0.1, 0.15) is 5.76 Å². The maximum Gasteiger partial charge on any atom is 0.234 e. The summed E-state index contributed by atoms with van der Waals surface area (Å²) in [5, 5.41) is 11.4. The Morgan fingerprint density at radius 3 is 2.71 bits per heavy atom. The predicted molar refractivity (Wildman–Crippen MR) is 114 cm³/mol. The van der Waals surface area contributed by atoms with Gasteiger partial charge in [0.25, 0.3) is 0 Å². The highest BCUT2D eigenvalue weighted by atomic mass is 79.9. The molecule has 1 aromatic carbocycles. The van der Waals surface area contributed by atoms with Crippen molar-refractivity contribution in [3.63, 3.8) is 0 Å². The van der Waals surface area contributed by atoms with Crippen LogP contribution in [0.4, 0.5) is 14.5 Å². The molecule has 7 nitrogen and oxygen atoms in total. The molecule has 158 valence electrons. The van der Waals surface area contributed by atoms with Crippen molar-refractivity contribution in [2.75, 3.05) is 11.1 Å². The van der Waals surface area contributed by atoms with Crippen LogP contribution in [0, 0.1) is 11.6 Å². The largest absolute Gasteiger partial charge is 0.467 e. The smallest absolute Gasteiger partial charge is 0.234 e. The number of amides is 1. The molecule has 4 aromatic rings. The molecule has 0 aliphatic rings. The Kier molecular flexibility index (Phi) is 6.42. The Morgan fingerprint density at radius 2 is 2.00 bits per heavy atom. The predicted octanol–water partition coefficient (Wildman–Crippen LogP) is 4.75. The van der Waals surface area contributed by atoms with Crippen molar-refractivity contribution in [1.82, 2.24) is 19.7 Å². The first-order valence-corrected chi connectivity index (χ1v) is 10.7. The fraction of sp³-hybridized carbons (Fsp3) is 0.100. The van der Waals surface area contributed by atoms with Gasteiger partial charge in [0.05, 0.1) is 24.2 Å². The summed E-state index contributed by atoms with van der Waals surface area (Å²) in [5.41, 5.74) is 0.684. The zero-order chi connectivity index (χ0) is 21.8. The van der Waals surface area contributed by atoms with Gasteiger partial charge in [-0.05, 0) is 46.3 Å². The van der Waals surface area contributed by atoms with Gasteiger partial charge >= 0.3 is 0 Å². The van der Waals surface area contributed by atoms with Crippen LogP contribution in [0.25, 0.3) is 11.4 Å². The minimum Gasteiger partial charge on any atom is -0.467 e. The zero-order valence-corrected chi connectivity index (χ0v) is 18.2. The van der Waals surface area contributed by atoms with Crippen molar-refractivity contribution in [3.05, 3.63) is 76.9 Å². The number of furan rings is 1. The Bertz CT molecular complexity index is 1180. The van der Waals surface area contributed by atoms with E-state index in [1.807, 2.05) is 10.6 Å². The fourth-order valence-electron chi connectivity index (χ4n) is 2.78. The second kappa shape index (κ2) is 9.40. The number of aromatic nitrogens is 4. The Morgan fingerprint density at radius 1 is 1.19 bits per heavy atom. The molecule has 0 radical (unpaired) electrons. The molecular formula is C20H14BrF2N5O2S. The monoisotopic (exact) mass is 505 g/mol. The van der Waals surface area contributed by atoms with E-state index in [1.165, 1.54) is 0 Å². The van der Waals surface area contributed by atoms with Crippen LogP contribution in [-0.2, 0) is 11.3 Å². The Hall–Kier alpha value is -3.05. The molecule has 0 saturated carbocycles. The molecule has 0 aliphatic heterocycles. The lowest BCUT2D eigenvalue weighted by atomic mass is 10.2. The molecule has 1 amide bonds. The standard InChI is InChI=1S/C20H14BrF2N5O2S/c21-15-8-13(22)9-16(23)18(15)25-17(29)11-31-20-27-26-19(12-3-5-24-6-4-12)28(20)10-14-2-1-7-30-14/h1-9H,10-11H2,(H,25,29). The summed E-state index contributed by atoms with van der Waals surface area (Å²) in [6, 6.07) is 8.99. The third-order valence-electron chi connectivity index (χ3n) is 4.15. The van der Waals surface area contributed by atoms with Gasteiger partial charge in [0.2, 0.25) is 5.91 Å². The fourth-order valence-corrected chi connectivity index (χ4v) is 4.02. The van der Waals surface area contributed by atoms with E-state index in [0.717, 1.165) is 23.4 Å². The normalized spacial score (nSPS) is 10.9. The number of carbonyl (C=O) groups excluding carboxylic acids is 1. The van der Waals surface area contributed by atoms with Crippen LogP contribution < -0.4 is 5.32 Å². The van der Waals surface area contributed by atoms with E-state index in [2.05, 4.69) is 36.4 Å². The molecule has 0 bridgehead atoms. The van der Waals surface area contributed by atoms with Gasteiger partial charge in [-0.15, -0.1) is 10.2 Å². The number of thioether (sulfide) groups is 1. The molecule has 11 heteroatoms. The van der Waals surface area contributed by atoms with Crippen molar-refractivity contribution in [2.24, 2.45) is 0 Å². The number of nitrogens with zero attached hydrogens (tertiary/aromatic N) is 4. The van der Waals surface area contributed by atoms with E-state index in [9.17, 15) is 13.6 Å². The molecule has 4 rings (SSSR count). The van der Waals surface area contributed by atoms with E-state index in [0.29, 0.717) is 29.4 Å². The molecule has 0 atom stereocenters. The van der Waals surface area contributed by atoms with Crippen LogP contribution in [-0.4, -0.2) is 31.4 Å². The van der Waals surface area contributed by atoms with Crippen molar-refractivity contribution < 1.29 is 18.0 Å². The zero-order valence-electron chi connectivity index (χ0n) is 15.8. The molecule has 0 aliphatic carbocycles. The quantitative estimate of drug-likeness (QED) is 0.364. The van der Waals surface area contributed by atoms with Gasteiger partial charge in [-0.1, -0.05) is 11.8 Å². The molecular weight excluding hydrogens is 492 g/mol. The molecule has 0 spiro atoms. The number of benzene rings is 1. The van der Waals surface area contributed by atoms with Crippen LogP contribution >= 0.6 is 27.7 Å². The molecule has 0 fully saturated rings. The number of pyridine rings is 1. The molecule has 31 heavy (non-hydrogen) atoms. The van der Waals surface area contributed by atoms with Crippen molar-refractivity contribution >= 4 is 39.3 Å². The van der Waals surface area contributed by atoms with Crippen molar-refractivity contribution in [1.29, 1.82) is 0 Å². The first-order chi connectivity index (χ1) is 15.0. The summed E-state index contributed by atoms with van der Waals surface area (Å²) in [6.07, 6.45) is 4.87. The second-order valence-electron chi connectivity index (χ2n) is 6.29. The minimum absolute atomic E-state index is 0.0596. The van der Waals surface area contributed by atoms with E-state index in [4.69, 9.17) is 4.42 Å². The second-order valence-corrected chi connectivity index (χ2v) is 8.09. The molecule has 3 heterocycles. The summed E-state index contributed by atoms with van der Waals surface area (Å²) in [6.45, 7) is 0.361. The third-order valence-corrected chi connectivity index (χ3v) is 5.75. The Labute approximate surface area is 188 Å². The molecule has 0 unspecified atom stereocenters. The number of nitrogens with one attached hydrogen (secondary N) is 1. The van der Waals surface area contributed by atoms with Gasteiger partial charge < -0.3 is 9.73 Å². The first kappa shape index (κ1) is 21.2. The average Bonchev–Trinajstić information content (AvgIpc) is 3.40. The minimum atomic E-state index is -0.869. The van der Waals surface area contributed by atoms with Gasteiger partial charge in [0.1, 0.15) is 11.6 Å². The van der Waals surface area contributed by atoms with Gasteiger partial charge in [-0.3, -0.25) is 14.3 Å². The average molecular weight is 506 g/mol. The highest BCUT2D eigenvalue weighted by Gasteiger charge is 2.18. The summed E-state index contributed by atoms with van der Waals surface area (Å²) in [5.74, 6) is -0.866. The number of halogens is 3. The summed E-state index contributed by atoms with van der Waals surface area (Å²) in [7, 11) is 0. The van der Waals surface area contributed by atoms with Crippen molar-refractivity contribution in [3.8, 4) is 11.4 Å². The van der Waals surface area contributed by atoms with E-state index in [-0.39, 0.29) is 15.9 Å². The van der Waals surface area contributed by atoms with Crippen LogP contribution in [0.15, 0.2) is 69.1 Å². The first-order valence-electron chi connectivity index (χ1n) is 8.94. The maximum atomic E-state index is 14.0. The number of hydrogen-bond donors (Lipinski definition) is 1. The highest BCUT2D eigenvalue weighted by molar-refractivity contribution is 9.10. The lowest BCUT2D eigenvalue weighted by molar-refractivity contribution is -0.113. The lowest BCUT2D eigenvalue weighted by Gasteiger charge is -2.10. The number of hydrogen-bond acceptors (Lipinski definition) is 6. The maximum absolute atomic E-state index is 14.0. The highest BCUT2D eigenvalue weighted by Crippen LogP contribution is 2.28. The topological polar surface area (TPSA) is 85.8 Å². The summed E-state index contributed by atoms with van der Waals surface area (Å²) < 4.78 is 34.6. The van der Waals surface area contributed by atoms with Crippen LogP contribution in [0.5, 0.6) is 0 Å². The summed E-state index contributed by atoms with van der Waals surface area (Å²) >= 11 is 4.19. The van der Waals surface area contributed by atoms with Gasteiger partial charge in [0.15, 0.2) is 16.8 Å². The third kappa shape index (κ3) is 5.00. The van der Waals surface area contributed by atoms with E-state index >= 15 is 0 Å². The SMILES string of the molecule is O=C(CSc1nnc(-c2ccncc2)n1Cc1ccco1)Nc1c(F)cc(F)cc1Br. The number of carbonyl (C=O) groups is 1. The molecule has 1 N–H and O–H groups in total. The lowest BCUT2D eigenvalue weighted by Crippen LogP contribution is -2.16. The molecule has 3 aromatic heterocycles.